The van der Waals surface area contributed by atoms with Gasteiger partial charge in [-0.2, -0.15) is 0 Å². The molecule has 27 heavy (non-hydrogen) atoms. The summed E-state index contributed by atoms with van der Waals surface area (Å²) in [6, 6.07) is 13.4. The molecule has 0 fully saturated rings. The number of benzene rings is 2. The summed E-state index contributed by atoms with van der Waals surface area (Å²) >= 11 is 1.23. The average molecular weight is 384 g/mol. The van der Waals surface area contributed by atoms with Gasteiger partial charge in [-0.1, -0.05) is 42.1 Å². The van der Waals surface area contributed by atoms with Crippen molar-refractivity contribution in [1.29, 1.82) is 0 Å². The summed E-state index contributed by atoms with van der Waals surface area (Å²) in [4.78, 5) is 28.2. The summed E-state index contributed by atoms with van der Waals surface area (Å²) in [7, 11) is 0. The number of carbonyl (C=O) groups excluding carboxylic acids is 2. The molecule has 6 nitrogen and oxygen atoms in total. The average Bonchev–Trinajstić information content (AvgIpc) is 3.13. The quantitative estimate of drug-likeness (QED) is 0.524. The SMILES string of the molecule is Cc1ccccc1-n1ccnc1SCC(=O)NNC(=O)c1ccccc1F. The fraction of sp³-hybridized carbons (Fsp3) is 0.105. The minimum absolute atomic E-state index is 0.0421. The summed E-state index contributed by atoms with van der Waals surface area (Å²) < 4.78 is 15.4. The molecule has 1 aromatic heterocycles. The van der Waals surface area contributed by atoms with Crippen molar-refractivity contribution in [2.75, 3.05) is 5.75 Å². The fourth-order valence-corrected chi connectivity index (χ4v) is 3.18. The van der Waals surface area contributed by atoms with Crippen molar-refractivity contribution in [3.05, 3.63) is 77.9 Å². The molecule has 1 heterocycles. The van der Waals surface area contributed by atoms with Crippen LogP contribution in [0.5, 0.6) is 0 Å². The fourth-order valence-electron chi connectivity index (χ4n) is 2.42. The second kappa shape index (κ2) is 8.50. The Kier molecular flexibility index (Phi) is 5.87. The number of hydrogen-bond donors (Lipinski definition) is 2. The Hall–Kier alpha value is -3.13. The molecule has 8 heteroatoms. The Labute approximate surface area is 159 Å². The molecule has 2 amide bonds. The van der Waals surface area contributed by atoms with Crippen LogP contribution in [0.15, 0.2) is 66.1 Å². The molecular formula is C19H17FN4O2S. The molecule has 0 aliphatic carbocycles. The van der Waals surface area contributed by atoms with Gasteiger partial charge in [0.25, 0.3) is 5.91 Å². The van der Waals surface area contributed by atoms with Crippen molar-refractivity contribution >= 4 is 23.6 Å². The van der Waals surface area contributed by atoms with Gasteiger partial charge in [0.2, 0.25) is 5.91 Å². The first-order chi connectivity index (χ1) is 13.1. The normalized spacial score (nSPS) is 10.4. The zero-order valence-corrected chi connectivity index (χ0v) is 15.3. The summed E-state index contributed by atoms with van der Waals surface area (Å²) in [6.45, 7) is 1.99. The molecule has 0 atom stereocenters. The zero-order chi connectivity index (χ0) is 19.2. The number of nitrogens with one attached hydrogen (secondary N) is 2. The molecule has 0 bridgehead atoms. The predicted octanol–water partition coefficient (Wildman–Crippen LogP) is 2.87. The highest BCUT2D eigenvalue weighted by Gasteiger charge is 2.13. The van der Waals surface area contributed by atoms with Crippen molar-refractivity contribution in [3.63, 3.8) is 0 Å². The molecule has 3 rings (SSSR count). The van der Waals surface area contributed by atoms with Gasteiger partial charge < -0.3 is 0 Å². The first-order valence-corrected chi connectivity index (χ1v) is 9.10. The summed E-state index contributed by atoms with van der Waals surface area (Å²) in [6.07, 6.45) is 3.48. The Morgan fingerprint density at radius 3 is 2.63 bits per heavy atom. The number of imidazole rings is 1. The maximum atomic E-state index is 13.5. The van der Waals surface area contributed by atoms with Crippen molar-refractivity contribution in [1.82, 2.24) is 20.4 Å². The van der Waals surface area contributed by atoms with Crippen LogP contribution in [-0.2, 0) is 4.79 Å². The van der Waals surface area contributed by atoms with Crippen molar-refractivity contribution in [3.8, 4) is 5.69 Å². The number of halogens is 1. The zero-order valence-electron chi connectivity index (χ0n) is 14.5. The largest absolute Gasteiger partial charge is 0.295 e. The molecule has 2 aromatic carbocycles. The minimum Gasteiger partial charge on any atom is -0.295 e. The lowest BCUT2D eigenvalue weighted by Gasteiger charge is -2.10. The molecule has 0 saturated carbocycles. The molecular weight excluding hydrogens is 367 g/mol. The number of hydrazine groups is 1. The molecule has 2 N–H and O–H groups in total. The van der Waals surface area contributed by atoms with E-state index in [0.717, 1.165) is 11.3 Å². The third kappa shape index (κ3) is 4.53. The van der Waals surface area contributed by atoms with E-state index in [9.17, 15) is 14.0 Å². The van der Waals surface area contributed by atoms with Gasteiger partial charge in [-0.25, -0.2) is 9.37 Å². The van der Waals surface area contributed by atoms with Crippen LogP contribution in [0.3, 0.4) is 0 Å². The van der Waals surface area contributed by atoms with Crippen LogP contribution in [0.25, 0.3) is 5.69 Å². The number of hydrogen-bond acceptors (Lipinski definition) is 4. The third-order valence-corrected chi connectivity index (χ3v) is 4.71. The number of amides is 2. The van der Waals surface area contributed by atoms with E-state index in [-0.39, 0.29) is 11.3 Å². The van der Waals surface area contributed by atoms with E-state index in [1.54, 1.807) is 12.3 Å². The topological polar surface area (TPSA) is 76.0 Å². The maximum absolute atomic E-state index is 13.5. The number of aryl methyl sites for hydroxylation is 1. The first-order valence-electron chi connectivity index (χ1n) is 8.12. The number of aromatic nitrogens is 2. The number of para-hydroxylation sites is 1. The van der Waals surface area contributed by atoms with Crippen LogP contribution in [0.4, 0.5) is 4.39 Å². The van der Waals surface area contributed by atoms with Gasteiger partial charge in [0, 0.05) is 12.4 Å². The van der Waals surface area contributed by atoms with Gasteiger partial charge in [0.05, 0.1) is 17.0 Å². The van der Waals surface area contributed by atoms with Gasteiger partial charge in [0.15, 0.2) is 5.16 Å². The molecule has 0 saturated heterocycles. The van der Waals surface area contributed by atoms with Crippen LogP contribution in [-0.4, -0.2) is 27.1 Å². The predicted molar refractivity (Wildman–Crippen MR) is 101 cm³/mol. The maximum Gasteiger partial charge on any atom is 0.272 e. The number of rotatable bonds is 5. The Morgan fingerprint density at radius 2 is 1.85 bits per heavy atom. The summed E-state index contributed by atoms with van der Waals surface area (Å²) in [5.74, 6) is -1.75. The first kappa shape index (κ1) is 18.7. The van der Waals surface area contributed by atoms with Gasteiger partial charge in [-0.05, 0) is 30.7 Å². The number of carbonyl (C=O) groups is 2. The van der Waals surface area contributed by atoms with E-state index in [4.69, 9.17) is 0 Å². The molecule has 0 aliphatic heterocycles. The van der Waals surface area contributed by atoms with Gasteiger partial charge in [-0.15, -0.1) is 0 Å². The van der Waals surface area contributed by atoms with E-state index in [2.05, 4.69) is 15.8 Å². The molecule has 3 aromatic rings. The van der Waals surface area contributed by atoms with Crippen LogP contribution < -0.4 is 10.9 Å². The Balaban J connectivity index is 1.56. The van der Waals surface area contributed by atoms with Crippen LogP contribution in [0, 0.1) is 12.7 Å². The highest BCUT2D eigenvalue weighted by atomic mass is 32.2. The second-order valence-electron chi connectivity index (χ2n) is 5.64. The van der Waals surface area contributed by atoms with Crippen molar-refractivity contribution in [2.24, 2.45) is 0 Å². The van der Waals surface area contributed by atoms with Crippen LogP contribution in [0.2, 0.25) is 0 Å². The molecule has 0 aliphatic rings. The van der Waals surface area contributed by atoms with Gasteiger partial charge in [0.1, 0.15) is 5.82 Å². The summed E-state index contributed by atoms with van der Waals surface area (Å²) in [5.41, 5.74) is 6.41. The Morgan fingerprint density at radius 1 is 1.11 bits per heavy atom. The number of nitrogens with zero attached hydrogens (tertiary/aromatic N) is 2. The molecule has 0 unspecified atom stereocenters. The van der Waals surface area contributed by atoms with Crippen molar-refractivity contribution in [2.45, 2.75) is 12.1 Å². The van der Waals surface area contributed by atoms with E-state index in [0.29, 0.717) is 5.16 Å². The lowest BCUT2D eigenvalue weighted by molar-refractivity contribution is -0.119. The van der Waals surface area contributed by atoms with Gasteiger partial charge >= 0.3 is 0 Å². The van der Waals surface area contributed by atoms with E-state index in [1.807, 2.05) is 42.0 Å². The van der Waals surface area contributed by atoms with E-state index in [1.165, 1.54) is 30.0 Å². The second-order valence-corrected chi connectivity index (χ2v) is 6.58. The lowest BCUT2D eigenvalue weighted by atomic mass is 10.2. The summed E-state index contributed by atoms with van der Waals surface area (Å²) in [5, 5.41) is 0.653. The minimum atomic E-state index is -0.715. The van der Waals surface area contributed by atoms with E-state index < -0.39 is 17.6 Å². The lowest BCUT2D eigenvalue weighted by Crippen LogP contribution is -2.42. The smallest absolute Gasteiger partial charge is 0.272 e. The molecule has 138 valence electrons. The van der Waals surface area contributed by atoms with Crippen LogP contribution in [0.1, 0.15) is 15.9 Å². The standard InChI is InChI=1S/C19H17FN4O2S/c1-13-6-2-5-9-16(13)24-11-10-21-19(24)27-12-17(25)22-23-18(26)14-7-3-4-8-15(14)20/h2-11H,12H2,1H3,(H,22,25)(H,23,26). The highest BCUT2D eigenvalue weighted by Crippen LogP contribution is 2.22. The molecule has 0 radical (unpaired) electrons. The number of thioether (sulfide) groups is 1. The van der Waals surface area contributed by atoms with E-state index >= 15 is 0 Å². The highest BCUT2D eigenvalue weighted by molar-refractivity contribution is 7.99. The molecule has 0 spiro atoms. The van der Waals surface area contributed by atoms with Crippen molar-refractivity contribution < 1.29 is 14.0 Å². The third-order valence-electron chi connectivity index (χ3n) is 3.75. The Bertz CT molecular complexity index is 974. The van der Waals surface area contributed by atoms with Gasteiger partial charge in [-0.3, -0.25) is 25.0 Å². The monoisotopic (exact) mass is 384 g/mol. The van der Waals surface area contributed by atoms with Crippen LogP contribution >= 0.6 is 11.8 Å².